The lowest BCUT2D eigenvalue weighted by Crippen LogP contribution is -2.13. The fourth-order valence-electron chi connectivity index (χ4n) is 1.83. The van der Waals surface area contributed by atoms with Gasteiger partial charge in [-0.2, -0.15) is 5.10 Å². The van der Waals surface area contributed by atoms with Crippen molar-refractivity contribution < 1.29 is 9.21 Å². The average molecular weight is 261 g/mol. The van der Waals surface area contributed by atoms with E-state index < -0.39 is 0 Å². The van der Waals surface area contributed by atoms with E-state index in [9.17, 15) is 4.79 Å². The largest absolute Gasteiger partial charge is 0.459 e. The van der Waals surface area contributed by atoms with Gasteiger partial charge in [0.1, 0.15) is 0 Å². The quantitative estimate of drug-likeness (QED) is 0.884. The van der Waals surface area contributed by atoms with Crippen LogP contribution in [0.5, 0.6) is 0 Å². The maximum absolute atomic E-state index is 12.1. The molecule has 1 amide bonds. The van der Waals surface area contributed by atoms with E-state index in [1.54, 1.807) is 0 Å². The first-order valence-electron chi connectivity index (χ1n) is 6.43. The lowest BCUT2D eigenvalue weighted by atomic mass is 10.0. The molecule has 0 aliphatic rings. The number of furan rings is 1. The van der Waals surface area contributed by atoms with Crippen LogP contribution in [-0.2, 0) is 0 Å². The number of hydrogen-bond donors (Lipinski definition) is 2. The second-order valence-corrected chi connectivity index (χ2v) is 5.18. The molecular weight excluding hydrogens is 242 g/mol. The smallest absolute Gasteiger partial charge is 0.292 e. The Kier molecular flexibility index (Phi) is 3.74. The average Bonchev–Trinajstić information content (AvgIpc) is 2.96. The van der Waals surface area contributed by atoms with Gasteiger partial charge in [-0.3, -0.25) is 9.89 Å². The molecule has 0 unspecified atom stereocenters. The van der Waals surface area contributed by atoms with Gasteiger partial charge >= 0.3 is 0 Å². The standard InChI is InChI=1S/C14H19N3O2/c1-8(2)10-5-6-19-13(10)14(18)15-12-7-11(9(3)4)16-17-12/h5-9H,1-4H3,(H2,15,16,17,18). The molecule has 5 nitrogen and oxygen atoms in total. The van der Waals surface area contributed by atoms with E-state index in [1.165, 1.54) is 6.26 Å². The van der Waals surface area contributed by atoms with Gasteiger partial charge in [-0.15, -0.1) is 0 Å². The summed E-state index contributed by atoms with van der Waals surface area (Å²) in [6.07, 6.45) is 1.54. The number of carbonyl (C=O) groups excluding carboxylic acids is 1. The number of H-pyrrole nitrogens is 1. The molecule has 0 fully saturated rings. The lowest BCUT2D eigenvalue weighted by Gasteiger charge is -2.05. The number of carbonyl (C=O) groups is 1. The number of aromatic amines is 1. The van der Waals surface area contributed by atoms with Crippen LogP contribution in [0.2, 0.25) is 0 Å². The Morgan fingerprint density at radius 3 is 2.63 bits per heavy atom. The van der Waals surface area contributed by atoms with Crippen molar-refractivity contribution in [3.05, 3.63) is 35.4 Å². The highest BCUT2D eigenvalue weighted by atomic mass is 16.3. The summed E-state index contributed by atoms with van der Waals surface area (Å²) < 4.78 is 5.26. The zero-order valence-corrected chi connectivity index (χ0v) is 11.7. The van der Waals surface area contributed by atoms with E-state index >= 15 is 0 Å². The van der Waals surface area contributed by atoms with Crippen LogP contribution in [0.15, 0.2) is 22.8 Å². The highest BCUT2D eigenvalue weighted by Gasteiger charge is 2.18. The minimum Gasteiger partial charge on any atom is -0.459 e. The van der Waals surface area contributed by atoms with Crippen molar-refractivity contribution >= 4 is 11.7 Å². The molecule has 2 N–H and O–H groups in total. The molecule has 0 bridgehead atoms. The number of aromatic nitrogens is 2. The number of nitrogens with zero attached hydrogens (tertiary/aromatic N) is 1. The van der Waals surface area contributed by atoms with Crippen molar-refractivity contribution in [2.45, 2.75) is 39.5 Å². The number of anilines is 1. The summed E-state index contributed by atoms with van der Waals surface area (Å²) in [4.78, 5) is 12.1. The van der Waals surface area contributed by atoms with E-state index in [4.69, 9.17) is 4.42 Å². The van der Waals surface area contributed by atoms with Crippen LogP contribution >= 0.6 is 0 Å². The molecule has 2 aromatic rings. The van der Waals surface area contributed by atoms with Gasteiger partial charge in [0.15, 0.2) is 11.6 Å². The Hall–Kier alpha value is -2.04. The first-order chi connectivity index (χ1) is 8.99. The Balaban J connectivity index is 2.14. The Morgan fingerprint density at radius 1 is 1.32 bits per heavy atom. The Labute approximate surface area is 112 Å². The van der Waals surface area contributed by atoms with Gasteiger partial charge < -0.3 is 9.73 Å². The fourth-order valence-corrected chi connectivity index (χ4v) is 1.83. The molecule has 0 aliphatic carbocycles. The van der Waals surface area contributed by atoms with Crippen molar-refractivity contribution in [3.8, 4) is 0 Å². The van der Waals surface area contributed by atoms with Gasteiger partial charge in [-0.1, -0.05) is 27.7 Å². The zero-order chi connectivity index (χ0) is 14.0. The van der Waals surface area contributed by atoms with Crippen LogP contribution in [0.3, 0.4) is 0 Å². The number of amides is 1. The summed E-state index contributed by atoms with van der Waals surface area (Å²) in [5.41, 5.74) is 1.89. The second-order valence-electron chi connectivity index (χ2n) is 5.18. The molecule has 5 heteroatoms. The summed E-state index contributed by atoms with van der Waals surface area (Å²) in [6.45, 7) is 8.16. The zero-order valence-electron chi connectivity index (χ0n) is 11.7. The molecule has 0 aromatic carbocycles. The summed E-state index contributed by atoms with van der Waals surface area (Å²) in [5, 5.41) is 9.70. The molecule has 2 rings (SSSR count). The predicted molar refractivity (Wildman–Crippen MR) is 73.4 cm³/mol. The van der Waals surface area contributed by atoms with E-state index in [0.717, 1.165) is 11.3 Å². The monoisotopic (exact) mass is 261 g/mol. The van der Waals surface area contributed by atoms with Gasteiger partial charge in [-0.05, 0) is 17.9 Å². The van der Waals surface area contributed by atoms with Crippen molar-refractivity contribution in [2.75, 3.05) is 5.32 Å². The van der Waals surface area contributed by atoms with E-state index in [-0.39, 0.29) is 11.8 Å². The van der Waals surface area contributed by atoms with Crippen molar-refractivity contribution in [3.63, 3.8) is 0 Å². The normalized spacial score (nSPS) is 11.3. The van der Waals surface area contributed by atoms with Gasteiger partial charge in [0.25, 0.3) is 5.91 Å². The van der Waals surface area contributed by atoms with Gasteiger partial charge in [0.2, 0.25) is 0 Å². The van der Waals surface area contributed by atoms with Gasteiger partial charge in [-0.25, -0.2) is 0 Å². The summed E-state index contributed by atoms with van der Waals surface area (Å²) in [7, 11) is 0. The topological polar surface area (TPSA) is 70.9 Å². The third-order valence-corrected chi connectivity index (χ3v) is 2.99. The summed E-state index contributed by atoms with van der Waals surface area (Å²) >= 11 is 0. The number of rotatable bonds is 4. The predicted octanol–water partition coefficient (Wildman–Crippen LogP) is 3.50. The molecule has 2 aromatic heterocycles. The number of hydrogen-bond acceptors (Lipinski definition) is 3. The summed E-state index contributed by atoms with van der Waals surface area (Å²) in [6, 6.07) is 3.66. The summed E-state index contributed by atoms with van der Waals surface area (Å²) in [5.74, 6) is 1.18. The van der Waals surface area contributed by atoms with Crippen molar-refractivity contribution in [2.24, 2.45) is 0 Å². The fraction of sp³-hybridized carbons (Fsp3) is 0.429. The molecule has 0 radical (unpaired) electrons. The first-order valence-corrected chi connectivity index (χ1v) is 6.43. The van der Waals surface area contributed by atoms with E-state index in [1.807, 2.05) is 26.0 Å². The van der Waals surface area contributed by atoms with Gasteiger partial charge in [0, 0.05) is 17.3 Å². The van der Waals surface area contributed by atoms with Crippen LogP contribution < -0.4 is 5.32 Å². The molecule has 0 saturated heterocycles. The second kappa shape index (κ2) is 5.30. The molecule has 0 atom stereocenters. The van der Waals surface area contributed by atoms with E-state index in [0.29, 0.717) is 17.5 Å². The minimum absolute atomic E-state index is 0.241. The highest BCUT2D eigenvalue weighted by Crippen LogP contribution is 2.22. The maximum Gasteiger partial charge on any atom is 0.292 e. The van der Waals surface area contributed by atoms with Crippen LogP contribution in [0, 0.1) is 0 Å². The van der Waals surface area contributed by atoms with Crippen LogP contribution in [0.1, 0.15) is 61.3 Å². The third-order valence-electron chi connectivity index (χ3n) is 2.99. The SMILES string of the molecule is CC(C)c1cc(NC(=O)c2occc2C(C)C)n[nH]1. The van der Waals surface area contributed by atoms with Crippen LogP contribution in [-0.4, -0.2) is 16.1 Å². The number of nitrogens with one attached hydrogen (secondary N) is 2. The third kappa shape index (κ3) is 2.86. The molecule has 0 aliphatic heterocycles. The lowest BCUT2D eigenvalue weighted by molar-refractivity contribution is 0.0994. The Bertz CT molecular complexity index is 567. The maximum atomic E-state index is 12.1. The molecule has 0 spiro atoms. The van der Waals surface area contributed by atoms with Crippen molar-refractivity contribution in [1.82, 2.24) is 10.2 Å². The highest BCUT2D eigenvalue weighted by molar-refractivity contribution is 6.02. The van der Waals surface area contributed by atoms with Crippen molar-refractivity contribution in [1.29, 1.82) is 0 Å². The molecule has 19 heavy (non-hydrogen) atoms. The Morgan fingerprint density at radius 2 is 2.05 bits per heavy atom. The molecule has 0 saturated carbocycles. The minimum atomic E-state index is -0.268. The van der Waals surface area contributed by atoms with E-state index in [2.05, 4.69) is 29.4 Å². The molecule has 102 valence electrons. The molecule has 2 heterocycles. The van der Waals surface area contributed by atoms with Gasteiger partial charge in [0.05, 0.1) is 6.26 Å². The first kappa shape index (κ1) is 13.4. The van der Waals surface area contributed by atoms with Crippen LogP contribution in [0.4, 0.5) is 5.82 Å². The van der Waals surface area contributed by atoms with Crippen LogP contribution in [0.25, 0.3) is 0 Å². The molecular formula is C14H19N3O2.